The number of hydrogen-bond donors (Lipinski definition) is 0. The first-order valence-electron chi connectivity index (χ1n) is 6.87. The lowest BCUT2D eigenvalue weighted by atomic mass is 10.1. The van der Waals surface area contributed by atoms with Crippen LogP contribution in [-0.4, -0.2) is 0 Å². The predicted molar refractivity (Wildman–Crippen MR) is 78.9 cm³/mol. The summed E-state index contributed by atoms with van der Waals surface area (Å²) < 4.78 is 1.44. The fourth-order valence-electron chi connectivity index (χ4n) is 2.24. The molecule has 0 nitrogen and oxygen atoms in total. The summed E-state index contributed by atoms with van der Waals surface area (Å²) in [7, 11) is 0. The molecule has 92 valence electrons. The zero-order valence-corrected chi connectivity index (χ0v) is 11.6. The molecule has 0 N–H and O–H groups in total. The molecule has 0 amide bonds. The first kappa shape index (κ1) is 12.6. The van der Waals surface area contributed by atoms with Crippen LogP contribution >= 0.6 is 11.3 Å². The lowest BCUT2D eigenvalue weighted by Crippen LogP contribution is -1.82. The van der Waals surface area contributed by atoms with Crippen LogP contribution in [0.5, 0.6) is 0 Å². The Labute approximate surface area is 109 Å². The highest BCUT2D eigenvalue weighted by molar-refractivity contribution is 7.19. The average molecular weight is 246 g/mol. The van der Waals surface area contributed by atoms with Gasteiger partial charge in [-0.15, -0.1) is 11.3 Å². The Kier molecular flexibility index (Phi) is 5.06. The largest absolute Gasteiger partial charge is 0.140 e. The van der Waals surface area contributed by atoms with E-state index in [0.717, 1.165) is 0 Å². The van der Waals surface area contributed by atoms with Crippen molar-refractivity contribution in [1.82, 2.24) is 0 Å². The van der Waals surface area contributed by atoms with Crippen LogP contribution < -0.4 is 0 Å². The van der Waals surface area contributed by atoms with Crippen molar-refractivity contribution in [2.45, 2.75) is 51.9 Å². The molecule has 0 unspecified atom stereocenters. The zero-order valence-electron chi connectivity index (χ0n) is 10.7. The van der Waals surface area contributed by atoms with Crippen molar-refractivity contribution in [3.63, 3.8) is 0 Å². The van der Waals surface area contributed by atoms with E-state index in [4.69, 9.17) is 0 Å². The molecule has 0 spiro atoms. The molecule has 2 aromatic rings. The molecule has 2 rings (SSSR count). The first-order valence-corrected chi connectivity index (χ1v) is 7.69. The quantitative estimate of drug-likeness (QED) is 0.541. The molecular formula is C16H22S. The van der Waals surface area contributed by atoms with Crippen molar-refractivity contribution in [2.24, 2.45) is 0 Å². The summed E-state index contributed by atoms with van der Waals surface area (Å²) >= 11 is 1.97. The van der Waals surface area contributed by atoms with E-state index >= 15 is 0 Å². The number of hydrogen-bond acceptors (Lipinski definition) is 1. The number of rotatable bonds is 7. The van der Waals surface area contributed by atoms with Crippen molar-refractivity contribution in [1.29, 1.82) is 0 Å². The summed E-state index contributed by atoms with van der Waals surface area (Å²) in [5.74, 6) is 0. The second-order valence-corrected chi connectivity index (χ2v) is 5.94. The lowest BCUT2D eigenvalue weighted by Gasteiger charge is -1.98. The summed E-state index contributed by atoms with van der Waals surface area (Å²) in [6.45, 7) is 2.28. The van der Waals surface area contributed by atoms with Gasteiger partial charge in [0.05, 0.1) is 0 Å². The average Bonchev–Trinajstić information content (AvgIpc) is 2.76. The minimum atomic E-state index is 1.27. The van der Waals surface area contributed by atoms with Gasteiger partial charge < -0.3 is 0 Å². The van der Waals surface area contributed by atoms with E-state index < -0.39 is 0 Å². The maximum atomic E-state index is 2.37. The van der Waals surface area contributed by atoms with Crippen LogP contribution in [0.15, 0.2) is 30.3 Å². The van der Waals surface area contributed by atoms with Crippen LogP contribution in [0.2, 0.25) is 0 Å². The molecule has 0 atom stereocenters. The Morgan fingerprint density at radius 1 is 0.941 bits per heavy atom. The summed E-state index contributed by atoms with van der Waals surface area (Å²) in [6, 6.07) is 11.1. The first-order chi connectivity index (χ1) is 8.40. The zero-order chi connectivity index (χ0) is 11.9. The summed E-state index contributed by atoms with van der Waals surface area (Å²) in [5.41, 5.74) is 0. The molecule has 1 aromatic heterocycles. The minimum absolute atomic E-state index is 1.27. The SMILES string of the molecule is CCCCCCCCc1cc2ccccc2s1. The van der Waals surface area contributed by atoms with E-state index in [-0.39, 0.29) is 0 Å². The number of fused-ring (bicyclic) bond motifs is 1. The lowest BCUT2D eigenvalue weighted by molar-refractivity contribution is 0.609. The second-order valence-electron chi connectivity index (χ2n) is 4.77. The third-order valence-electron chi connectivity index (χ3n) is 3.25. The van der Waals surface area contributed by atoms with Gasteiger partial charge in [0.25, 0.3) is 0 Å². The molecule has 17 heavy (non-hydrogen) atoms. The van der Waals surface area contributed by atoms with Crippen LogP contribution in [0.25, 0.3) is 10.1 Å². The van der Waals surface area contributed by atoms with Gasteiger partial charge in [-0.1, -0.05) is 57.2 Å². The van der Waals surface area contributed by atoms with E-state index in [1.54, 1.807) is 4.88 Å². The normalized spacial score (nSPS) is 11.1. The van der Waals surface area contributed by atoms with Crippen molar-refractivity contribution in [2.75, 3.05) is 0 Å². The molecule has 1 heterocycles. The topological polar surface area (TPSA) is 0 Å². The minimum Gasteiger partial charge on any atom is -0.140 e. The Bertz CT molecular complexity index is 408. The Balaban J connectivity index is 1.75. The van der Waals surface area contributed by atoms with Gasteiger partial charge >= 0.3 is 0 Å². The molecule has 0 saturated carbocycles. The predicted octanol–water partition coefficient (Wildman–Crippen LogP) is 5.80. The second kappa shape index (κ2) is 6.80. The summed E-state index contributed by atoms with van der Waals surface area (Å²) in [5, 5.41) is 1.42. The van der Waals surface area contributed by atoms with Gasteiger partial charge in [-0.2, -0.15) is 0 Å². The molecule has 0 bridgehead atoms. The molecule has 0 aliphatic heterocycles. The van der Waals surface area contributed by atoms with Crippen molar-refractivity contribution in [3.05, 3.63) is 35.2 Å². The Hall–Kier alpha value is -0.820. The van der Waals surface area contributed by atoms with Gasteiger partial charge in [0.15, 0.2) is 0 Å². The van der Waals surface area contributed by atoms with E-state index in [1.807, 2.05) is 11.3 Å². The highest BCUT2D eigenvalue weighted by Gasteiger charge is 2.00. The Morgan fingerprint density at radius 3 is 2.53 bits per heavy atom. The van der Waals surface area contributed by atoms with E-state index in [9.17, 15) is 0 Å². The van der Waals surface area contributed by atoms with Crippen molar-refractivity contribution < 1.29 is 0 Å². The van der Waals surface area contributed by atoms with Gasteiger partial charge in [0, 0.05) is 9.58 Å². The number of thiophene rings is 1. The number of benzene rings is 1. The molecule has 0 aliphatic rings. The molecular weight excluding hydrogens is 224 g/mol. The van der Waals surface area contributed by atoms with E-state index in [2.05, 4.69) is 37.3 Å². The molecule has 1 aromatic carbocycles. The van der Waals surface area contributed by atoms with Crippen LogP contribution in [0, 0.1) is 0 Å². The molecule has 0 radical (unpaired) electrons. The van der Waals surface area contributed by atoms with Gasteiger partial charge in [-0.05, 0) is 30.4 Å². The molecule has 0 saturated heterocycles. The Morgan fingerprint density at radius 2 is 1.71 bits per heavy atom. The third kappa shape index (κ3) is 3.85. The molecule has 0 fully saturated rings. The van der Waals surface area contributed by atoms with Crippen molar-refractivity contribution in [3.8, 4) is 0 Å². The van der Waals surface area contributed by atoms with Crippen molar-refractivity contribution >= 4 is 21.4 Å². The highest BCUT2D eigenvalue weighted by Crippen LogP contribution is 2.26. The van der Waals surface area contributed by atoms with Gasteiger partial charge in [-0.25, -0.2) is 0 Å². The van der Waals surface area contributed by atoms with Crippen LogP contribution in [0.3, 0.4) is 0 Å². The maximum absolute atomic E-state index is 2.37. The highest BCUT2D eigenvalue weighted by atomic mass is 32.1. The third-order valence-corrected chi connectivity index (χ3v) is 4.43. The van der Waals surface area contributed by atoms with E-state index in [0.29, 0.717) is 0 Å². The smallest absolute Gasteiger partial charge is 0.0345 e. The van der Waals surface area contributed by atoms with Gasteiger partial charge in [0.1, 0.15) is 0 Å². The van der Waals surface area contributed by atoms with Gasteiger partial charge in [-0.3, -0.25) is 0 Å². The van der Waals surface area contributed by atoms with Gasteiger partial charge in [0.2, 0.25) is 0 Å². The fourth-order valence-corrected chi connectivity index (χ4v) is 3.35. The summed E-state index contributed by atoms with van der Waals surface area (Å²) in [6.07, 6.45) is 9.61. The monoisotopic (exact) mass is 246 g/mol. The molecule has 1 heteroatoms. The van der Waals surface area contributed by atoms with E-state index in [1.165, 1.54) is 55.0 Å². The standard InChI is InChI=1S/C16H22S/c1-2-3-4-5-6-7-11-15-13-14-10-8-9-12-16(14)17-15/h8-10,12-13H,2-7,11H2,1H3. The number of aryl methyl sites for hydroxylation is 1. The van der Waals surface area contributed by atoms with Crippen LogP contribution in [0.4, 0.5) is 0 Å². The van der Waals surface area contributed by atoms with Crippen LogP contribution in [-0.2, 0) is 6.42 Å². The number of unbranched alkanes of at least 4 members (excludes halogenated alkanes) is 5. The fraction of sp³-hybridized carbons (Fsp3) is 0.500. The molecule has 0 aliphatic carbocycles. The summed E-state index contributed by atoms with van der Waals surface area (Å²) in [4.78, 5) is 1.56. The van der Waals surface area contributed by atoms with Crippen LogP contribution in [0.1, 0.15) is 50.3 Å². The maximum Gasteiger partial charge on any atom is 0.0345 e.